The minimum absolute atomic E-state index is 0.0685. The van der Waals surface area contributed by atoms with E-state index in [-0.39, 0.29) is 11.9 Å². The Morgan fingerprint density at radius 2 is 1.50 bits per heavy atom. The summed E-state index contributed by atoms with van der Waals surface area (Å²) in [7, 11) is 4.06. The van der Waals surface area contributed by atoms with E-state index in [4.69, 9.17) is 11.6 Å². The lowest BCUT2D eigenvalue weighted by Gasteiger charge is -2.21. The Bertz CT molecular complexity index is 890. The van der Waals surface area contributed by atoms with E-state index in [1.54, 1.807) is 0 Å². The topological polar surface area (TPSA) is 32.3 Å². The fourth-order valence-electron chi connectivity index (χ4n) is 3.09. The molecule has 0 radical (unpaired) electrons. The Kier molecular flexibility index (Phi) is 6.85. The highest BCUT2D eigenvalue weighted by atomic mass is 35.5. The number of amides is 1. The van der Waals surface area contributed by atoms with Crippen LogP contribution in [0.3, 0.4) is 0 Å². The molecule has 0 aliphatic carbocycles. The van der Waals surface area contributed by atoms with Gasteiger partial charge in [0, 0.05) is 10.6 Å². The first kappa shape index (κ1) is 20.1. The van der Waals surface area contributed by atoms with Crippen LogP contribution in [-0.4, -0.2) is 31.4 Å². The van der Waals surface area contributed by atoms with Crippen molar-refractivity contribution in [3.05, 3.63) is 95.0 Å². The lowest BCUT2D eigenvalue weighted by atomic mass is 10.0. The molecule has 144 valence electrons. The molecule has 3 nitrogen and oxygen atoms in total. The summed E-state index contributed by atoms with van der Waals surface area (Å²) in [5, 5.41) is 3.87. The monoisotopic (exact) mass is 392 g/mol. The third-order valence-electron chi connectivity index (χ3n) is 4.70. The van der Waals surface area contributed by atoms with Crippen LogP contribution in [0.2, 0.25) is 5.02 Å². The molecular formula is C24H25ClN2O. The number of hydrogen-bond donors (Lipinski definition) is 1. The van der Waals surface area contributed by atoms with Gasteiger partial charge in [0.15, 0.2) is 0 Å². The largest absolute Gasteiger partial charge is 0.345 e. The molecule has 3 aromatic carbocycles. The van der Waals surface area contributed by atoms with Crippen LogP contribution in [0.5, 0.6) is 0 Å². The van der Waals surface area contributed by atoms with Crippen LogP contribution in [0.15, 0.2) is 78.9 Å². The van der Waals surface area contributed by atoms with Crippen molar-refractivity contribution in [3.8, 4) is 11.1 Å². The lowest BCUT2D eigenvalue weighted by molar-refractivity contribution is 0.0932. The van der Waals surface area contributed by atoms with Gasteiger partial charge in [-0.25, -0.2) is 0 Å². The highest BCUT2D eigenvalue weighted by molar-refractivity contribution is 6.30. The third kappa shape index (κ3) is 5.44. The Morgan fingerprint density at radius 3 is 2.11 bits per heavy atom. The highest BCUT2D eigenvalue weighted by Gasteiger charge is 2.16. The summed E-state index contributed by atoms with van der Waals surface area (Å²) in [5.74, 6) is -0.0710. The number of carbonyl (C=O) groups is 1. The third-order valence-corrected chi connectivity index (χ3v) is 4.95. The number of nitrogens with zero attached hydrogens (tertiary/aromatic N) is 1. The second-order valence-corrected chi connectivity index (χ2v) is 7.55. The summed E-state index contributed by atoms with van der Waals surface area (Å²) < 4.78 is 0. The van der Waals surface area contributed by atoms with Gasteiger partial charge >= 0.3 is 0 Å². The van der Waals surface area contributed by atoms with Crippen LogP contribution in [0.1, 0.15) is 28.4 Å². The zero-order chi connectivity index (χ0) is 19.9. The molecule has 1 atom stereocenters. The van der Waals surface area contributed by atoms with E-state index in [1.807, 2.05) is 80.8 Å². The standard InChI is InChI=1S/C24H25ClN2O/c1-27(2)17-16-23(20-12-14-22(25)15-13-20)26-24(28)21-10-8-19(9-11-21)18-6-4-3-5-7-18/h3-15,23H,16-17H2,1-2H3,(H,26,28)/t23-/m0/s1. The minimum Gasteiger partial charge on any atom is -0.345 e. The Morgan fingerprint density at radius 1 is 0.893 bits per heavy atom. The van der Waals surface area contributed by atoms with Crippen molar-refractivity contribution in [3.63, 3.8) is 0 Å². The van der Waals surface area contributed by atoms with E-state index < -0.39 is 0 Å². The van der Waals surface area contributed by atoms with Gasteiger partial charge < -0.3 is 10.2 Å². The first-order valence-electron chi connectivity index (χ1n) is 9.39. The Hall–Kier alpha value is -2.62. The molecule has 0 spiro atoms. The van der Waals surface area contributed by atoms with Crippen LogP contribution in [-0.2, 0) is 0 Å². The van der Waals surface area contributed by atoms with Gasteiger partial charge in [0.1, 0.15) is 0 Å². The average molecular weight is 393 g/mol. The van der Waals surface area contributed by atoms with Gasteiger partial charge in [-0.15, -0.1) is 0 Å². The van der Waals surface area contributed by atoms with Crippen molar-refractivity contribution in [2.45, 2.75) is 12.5 Å². The predicted molar refractivity (Wildman–Crippen MR) is 117 cm³/mol. The summed E-state index contributed by atoms with van der Waals surface area (Å²) >= 11 is 6.02. The number of halogens is 1. The summed E-state index contributed by atoms with van der Waals surface area (Å²) in [6.07, 6.45) is 0.822. The molecule has 0 saturated carbocycles. The van der Waals surface area contributed by atoms with Gasteiger partial charge in [0.25, 0.3) is 5.91 Å². The second kappa shape index (κ2) is 9.54. The van der Waals surface area contributed by atoms with E-state index in [2.05, 4.69) is 22.3 Å². The van der Waals surface area contributed by atoms with Crippen molar-refractivity contribution >= 4 is 17.5 Å². The van der Waals surface area contributed by atoms with E-state index in [0.717, 1.165) is 29.7 Å². The zero-order valence-corrected chi connectivity index (χ0v) is 17.0. The van der Waals surface area contributed by atoms with Gasteiger partial charge in [0.2, 0.25) is 0 Å². The van der Waals surface area contributed by atoms with Crippen molar-refractivity contribution in [1.29, 1.82) is 0 Å². The number of carbonyl (C=O) groups excluding carboxylic acids is 1. The maximum absolute atomic E-state index is 12.8. The van der Waals surface area contributed by atoms with Crippen molar-refractivity contribution in [1.82, 2.24) is 10.2 Å². The average Bonchev–Trinajstić information content (AvgIpc) is 2.72. The molecule has 3 rings (SSSR count). The molecule has 0 aliphatic rings. The first-order chi connectivity index (χ1) is 13.5. The predicted octanol–water partition coefficient (Wildman–Crippen LogP) is 5.43. The summed E-state index contributed by atoms with van der Waals surface area (Å²) in [6, 6.07) is 25.5. The first-order valence-corrected chi connectivity index (χ1v) is 9.77. The van der Waals surface area contributed by atoms with Crippen molar-refractivity contribution < 1.29 is 4.79 Å². The number of nitrogens with one attached hydrogen (secondary N) is 1. The van der Waals surface area contributed by atoms with E-state index in [1.165, 1.54) is 0 Å². The van der Waals surface area contributed by atoms with Crippen molar-refractivity contribution in [2.24, 2.45) is 0 Å². The molecule has 1 N–H and O–H groups in total. The molecule has 0 heterocycles. The molecule has 0 fully saturated rings. The Labute approximate surface area is 172 Å². The zero-order valence-electron chi connectivity index (χ0n) is 16.2. The summed E-state index contributed by atoms with van der Waals surface area (Å²) in [6.45, 7) is 0.876. The molecule has 4 heteroatoms. The fraction of sp³-hybridized carbons (Fsp3) is 0.208. The van der Waals surface area contributed by atoms with Gasteiger partial charge in [-0.3, -0.25) is 4.79 Å². The van der Waals surface area contributed by atoms with E-state index >= 15 is 0 Å². The molecule has 0 bridgehead atoms. The van der Waals surface area contributed by atoms with Gasteiger partial charge in [-0.1, -0.05) is 66.2 Å². The fourth-order valence-corrected chi connectivity index (χ4v) is 3.22. The quantitative estimate of drug-likeness (QED) is 0.581. The van der Waals surface area contributed by atoms with Crippen LogP contribution in [0, 0.1) is 0 Å². The van der Waals surface area contributed by atoms with Gasteiger partial charge in [0.05, 0.1) is 6.04 Å². The van der Waals surface area contributed by atoms with Crippen LogP contribution in [0.25, 0.3) is 11.1 Å². The molecule has 0 aliphatic heterocycles. The molecular weight excluding hydrogens is 368 g/mol. The minimum atomic E-state index is -0.0710. The SMILES string of the molecule is CN(C)CC[C@H](NC(=O)c1ccc(-c2ccccc2)cc1)c1ccc(Cl)cc1. The van der Waals surface area contributed by atoms with Gasteiger partial charge in [-0.2, -0.15) is 0 Å². The highest BCUT2D eigenvalue weighted by Crippen LogP contribution is 2.22. The molecule has 0 aromatic heterocycles. The smallest absolute Gasteiger partial charge is 0.251 e. The molecule has 28 heavy (non-hydrogen) atoms. The lowest BCUT2D eigenvalue weighted by Crippen LogP contribution is -2.31. The molecule has 0 unspecified atom stereocenters. The van der Waals surface area contributed by atoms with E-state index in [0.29, 0.717) is 10.6 Å². The van der Waals surface area contributed by atoms with Crippen LogP contribution < -0.4 is 5.32 Å². The normalized spacial score (nSPS) is 12.0. The maximum Gasteiger partial charge on any atom is 0.251 e. The summed E-state index contributed by atoms with van der Waals surface area (Å²) in [4.78, 5) is 15.0. The molecule has 3 aromatic rings. The molecule has 1 amide bonds. The van der Waals surface area contributed by atoms with Gasteiger partial charge in [-0.05, 0) is 68.0 Å². The maximum atomic E-state index is 12.8. The summed E-state index contributed by atoms with van der Waals surface area (Å²) in [5.41, 5.74) is 3.95. The van der Waals surface area contributed by atoms with Crippen molar-refractivity contribution in [2.75, 3.05) is 20.6 Å². The number of rotatable bonds is 7. The Balaban J connectivity index is 1.74. The van der Waals surface area contributed by atoms with Crippen LogP contribution in [0.4, 0.5) is 0 Å². The molecule has 0 saturated heterocycles. The van der Waals surface area contributed by atoms with Crippen LogP contribution >= 0.6 is 11.6 Å². The second-order valence-electron chi connectivity index (χ2n) is 7.11. The number of benzene rings is 3. The number of hydrogen-bond acceptors (Lipinski definition) is 2. The van der Waals surface area contributed by atoms with E-state index in [9.17, 15) is 4.79 Å².